The zero-order valence-corrected chi connectivity index (χ0v) is 12.0. The predicted octanol–water partition coefficient (Wildman–Crippen LogP) is 1.89. The molecule has 2 N–H and O–H groups in total. The van der Waals surface area contributed by atoms with E-state index in [0.717, 1.165) is 13.1 Å². The van der Waals surface area contributed by atoms with E-state index in [-0.39, 0.29) is 11.8 Å². The van der Waals surface area contributed by atoms with Crippen LogP contribution in [-0.4, -0.2) is 24.9 Å². The van der Waals surface area contributed by atoms with Gasteiger partial charge in [-0.1, -0.05) is 40.9 Å². The number of hydrogen-bond donors (Lipinski definition) is 2. The molecular formula is C14H26N2O2. The summed E-state index contributed by atoms with van der Waals surface area (Å²) in [7, 11) is 0. The van der Waals surface area contributed by atoms with E-state index in [4.69, 9.17) is 0 Å². The van der Waals surface area contributed by atoms with Gasteiger partial charge in [-0.25, -0.2) is 0 Å². The van der Waals surface area contributed by atoms with Crippen molar-refractivity contribution in [1.29, 1.82) is 0 Å². The molecule has 0 unspecified atom stereocenters. The first-order valence-corrected chi connectivity index (χ1v) is 6.14. The normalized spacial score (nSPS) is 9.22. The van der Waals surface area contributed by atoms with Gasteiger partial charge in [-0.15, -0.1) is 0 Å². The van der Waals surface area contributed by atoms with Gasteiger partial charge in [-0.05, 0) is 24.0 Å². The molecule has 0 atom stereocenters. The molecule has 0 heterocycles. The van der Waals surface area contributed by atoms with Crippen LogP contribution in [0, 0.1) is 11.8 Å². The highest BCUT2D eigenvalue weighted by molar-refractivity contribution is 5.87. The third-order valence-corrected chi connectivity index (χ3v) is 1.74. The highest BCUT2D eigenvalue weighted by Gasteiger charge is 1.95. The minimum atomic E-state index is -0.0938. The Morgan fingerprint density at radius 3 is 1.33 bits per heavy atom. The maximum atomic E-state index is 10.5. The van der Waals surface area contributed by atoms with E-state index in [9.17, 15) is 9.59 Å². The molecule has 2 amide bonds. The summed E-state index contributed by atoms with van der Waals surface area (Å²) in [6, 6.07) is 0. The van der Waals surface area contributed by atoms with Gasteiger partial charge in [0, 0.05) is 13.1 Å². The second kappa shape index (κ2) is 11.9. The van der Waals surface area contributed by atoms with Crippen molar-refractivity contribution in [2.75, 3.05) is 13.1 Å². The van der Waals surface area contributed by atoms with E-state index in [2.05, 4.69) is 23.8 Å². The molecule has 0 spiro atoms. The fraction of sp³-hybridized carbons (Fsp3) is 0.571. The third kappa shape index (κ3) is 16.8. The molecule has 0 aromatic heterocycles. The van der Waals surface area contributed by atoms with E-state index in [1.807, 2.05) is 27.7 Å². The number of hydrogen-bond acceptors (Lipinski definition) is 2. The van der Waals surface area contributed by atoms with Crippen LogP contribution in [0.2, 0.25) is 0 Å². The fourth-order valence-corrected chi connectivity index (χ4v) is 0.754. The second-order valence-corrected chi connectivity index (χ2v) is 4.69. The molecule has 18 heavy (non-hydrogen) atoms. The summed E-state index contributed by atoms with van der Waals surface area (Å²) in [6.07, 6.45) is 2.56. The summed E-state index contributed by atoms with van der Waals surface area (Å²) in [4.78, 5) is 21.0. The minimum absolute atomic E-state index is 0.0938. The summed E-state index contributed by atoms with van der Waals surface area (Å²) in [5, 5.41) is 5.35. The van der Waals surface area contributed by atoms with Crippen LogP contribution in [0.25, 0.3) is 0 Å². The Balaban J connectivity index is 0. The van der Waals surface area contributed by atoms with Crippen LogP contribution in [0.3, 0.4) is 0 Å². The third-order valence-electron chi connectivity index (χ3n) is 1.74. The molecule has 0 aliphatic heterocycles. The molecule has 0 aliphatic carbocycles. The summed E-state index contributed by atoms with van der Waals surface area (Å²) in [5.41, 5.74) is 0. The van der Waals surface area contributed by atoms with Crippen molar-refractivity contribution >= 4 is 11.8 Å². The number of carbonyl (C=O) groups is 2. The first-order chi connectivity index (χ1) is 8.33. The number of amides is 2. The average Bonchev–Trinajstić information content (AvgIpc) is 2.33. The van der Waals surface area contributed by atoms with Gasteiger partial charge in [0.25, 0.3) is 0 Å². The standard InChI is InChI=1S/2C7H13NO/c2*1-4-7(9)8-5-6(2)3/h2*4,6H,1,5H2,2-3H3,(H,8,9). The summed E-state index contributed by atoms with van der Waals surface area (Å²) >= 11 is 0. The molecular weight excluding hydrogens is 228 g/mol. The van der Waals surface area contributed by atoms with Crippen molar-refractivity contribution in [2.45, 2.75) is 27.7 Å². The molecule has 0 aromatic carbocycles. The van der Waals surface area contributed by atoms with E-state index >= 15 is 0 Å². The van der Waals surface area contributed by atoms with Crippen molar-refractivity contribution in [3.8, 4) is 0 Å². The number of carbonyl (C=O) groups excluding carboxylic acids is 2. The molecule has 4 heteroatoms. The molecule has 0 rings (SSSR count). The zero-order valence-electron chi connectivity index (χ0n) is 12.0. The second-order valence-electron chi connectivity index (χ2n) is 4.69. The molecule has 0 radical (unpaired) electrons. The molecule has 4 nitrogen and oxygen atoms in total. The van der Waals surface area contributed by atoms with E-state index in [0.29, 0.717) is 11.8 Å². The van der Waals surface area contributed by atoms with Crippen LogP contribution in [0.1, 0.15) is 27.7 Å². The maximum absolute atomic E-state index is 10.5. The van der Waals surface area contributed by atoms with Crippen molar-refractivity contribution in [3.63, 3.8) is 0 Å². The van der Waals surface area contributed by atoms with Crippen LogP contribution in [0.15, 0.2) is 25.3 Å². The molecule has 104 valence electrons. The zero-order chi connectivity index (χ0) is 14.6. The van der Waals surface area contributed by atoms with Crippen molar-refractivity contribution in [2.24, 2.45) is 11.8 Å². The molecule has 0 saturated heterocycles. The predicted molar refractivity (Wildman–Crippen MR) is 76.1 cm³/mol. The van der Waals surface area contributed by atoms with Gasteiger partial charge in [-0.2, -0.15) is 0 Å². The van der Waals surface area contributed by atoms with Gasteiger partial charge < -0.3 is 10.6 Å². The van der Waals surface area contributed by atoms with Crippen molar-refractivity contribution in [3.05, 3.63) is 25.3 Å². The molecule has 0 aromatic rings. The molecule has 0 bridgehead atoms. The van der Waals surface area contributed by atoms with Gasteiger partial charge in [0.1, 0.15) is 0 Å². The minimum Gasteiger partial charge on any atom is -0.352 e. The van der Waals surface area contributed by atoms with Crippen LogP contribution >= 0.6 is 0 Å². The van der Waals surface area contributed by atoms with Gasteiger partial charge in [-0.3, -0.25) is 9.59 Å². The first kappa shape index (κ1) is 18.8. The highest BCUT2D eigenvalue weighted by Crippen LogP contribution is 1.86. The van der Waals surface area contributed by atoms with Crippen molar-refractivity contribution in [1.82, 2.24) is 10.6 Å². The lowest BCUT2D eigenvalue weighted by Crippen LogP contribution is -2.24. The fourth-order valence-electron chi connectivity index (χ4n) is 0.754. The van der Waals surface area contributed by atoms with Gasteiger partial charge >= 0.3 is 0 Å². The maximum Gasteiger partial charge on any atom is 0.243 e. The first-order valence-electron chi connectivity index (χ1n) is 6.14. The van der Waals surface area contributed by atoms with Gasteiger partial charge in [0.2, 0.25) is 11.8 Å². The summed E-state index contributed by atoms with van der Waals surface area (Å²) < 4.78 is 0. The van der Waals surface area contributed by atoms with E-state index < -0.39 is 0 Å². The Morgan fingerprint density at radius 1 is 0.889 bits per heavy atom. The van der Waals surface area contributed by atoms with E-state index in [1.54, 1.807) is 0 Å². The van der Waals surface area contributed by atoms with Crippen molar-refractivity contribution < 1.29 is 9.59 Å². The lowest BCUT2D eigenvalue weighted by atomic mass is 10.2. The van der Waals surface area contributed by atoms with Crippen LogP contribution in [-0.2, 0) is 9.59 Å². The molecule has 0 aliphatic rings. The molecule has 0 fully saturated rings. The van der Waals surface area contributed by atoms with Gasteiger partial charge in [0.05, 0.1) is 0 Å². The van der Waals surface area contributed by atoms with Crippen LogP contribution in [0.4, 0.5) is 0 Å². The Morgan fingerprint density at radius 2 is 1.17 bits per heavy atom. The Labute approximate surface area is 111 Å². The average molecular weight is 254 g/mol. The SMILES string of the molecule is C=CC(=O)NCC(C)C.C=CC(=O)NCC(C)C. The largest absolute Gasteiger partial charge is 0.352 e. The monoisotopic (exact) mass is 254 g/mol. The Hall–Kier alpha value is -1.58. The number of rotatable bonds is 6. The summed E-state index contributed by atoms with van der Waals surface area (Å²) in [6.45, 7) is 16.3. The summed E-state index contributed by atoms with van der Waals surface area (Å²) in [5.74, 6) is 0.829. The Bertz CT molecular complexity index is 243. The smallest absolute Gasteiger partial charge is 0.243 e. The topological polar surface area (TPSA) is 58.2 Å². The van der Waals surface area contributed by atoms with Crippen LogP contribution in [0.5, 0.6) is 0 Å². The van der Waals surface area contributed by atoms with Crippen LogP contribution < -0.4 is 10.6 Å². The van der Waals surface area contributed by atoms with Gasteiger partial charge in [0.15, 0.2) is 0 Å². The Kier molecular flexibility index (Phi) is 12.4. The lowest BCUT2D eigenvalue weighted by molar-refractivity contribution is -0.117. The molecule has 0 saturated carbocycles. The number of nitrogens with one attached hydrogen (secondary N) is 2. The quantitative estimate of drug-likeness (QED) is 0.711. The van der Waals surface area contributed by atoms with E-state index in [1.165, 1.54) is 12.2 Å². The highest BCUT2D eigenvalue weighted by atomic mass is 16.2. The lowest BCUT2D eigenvalue weighted by Gasteiger charge is -2.03.